The SMILES string of the molecule is CS(=O)(=O)NC1CCN(CCOC(c2ccccc2)c2ccccc2)CC1. The maximum absolute atomic E-state index is 11.4. The molecule has 2 aromatic rings. The molecule has 1 aliphatic rings. The zero-order chi connectivity index (χ0) is 19.1. The first kappa shape index (κ1) is 20.0. The Morgan fingerprint density at radius 3 is 2.00 bits per heavy atom. The van der Waals surface area contributed by atoms with Gasteiger partial charge in [0.2, 0.25) is 10.0 Å². The van der Waals surface area contributed by atoms with Gasteiger partial charge in [-0.25, -0.2) is 13.1 Å². The number of hydrogen-bond acceptors (Lipinski definition) is 4. The number of likely N-dealkylation sites (tertiary alicyclic amines) is 1. The van der Waals surface area contributed by atoms with Crippen molar-refractivity contribution in [3.05, 3.63) is 71.8 Å². The number of sulfonamides is 1. The number of ether oxygens (including phenoxy) is 1. The fraction of sp³-hybridized carbons (Fsp3) is 0.429. The molecule has 0 unspecified atom stereocenters. The number of hydrogen-bond donors (Lipinski definition) is 1. The fourth-order valence-electron chi connectivity index (χ4n) is 3.52. The molecule has 0 aromatic heterocycles. The number of nitrogens with one attached hydrogen (secondary N) is 1. The summed E-state index contributed by atoms with van der Waals surface area (Å²) in [5, 5.41) is 0. The predicted molar refractivity (Wildman–Crippen MR) is 108 cm³/mol. The largest absolute Gasteiger partial charge is 0.367 e. The van der Waals surface area contributed by atoms with Crippen LogP contribution in [0.25, 0.3) is 0 Å². The minimum Gasteiger partial charge on any atom is -0.367 e. The summed E-state index contributed by atoms with van der Waals surface area (Å²) in [6.07, 6.45) is 2.83. The summed E-state index contributed by atoms with van der Waals surface area (Å²) < 4.78 is 31.7. The van der Waals surface area contributed by atoms with Crippen LogP contribution in [0, 0.1) is 0 Å². The number of rotatable bonds is 8. The minimum absolute atomic E-state index is 0.0542. The molecular formula is C21H28N2O3S. The Balaban J connectivity index is 1.52. The summed E-state index contributed by atoms with van der Waals surface area (Å²) in [4.78, 5) is 2.34. The molecule has 1 heterocycles. The Morgan fingerprint density at radius 1 is 1.00 bits per heavy atom. The summed E-state index contributed by atoms with van der Waals surface area (Å²) in [6, 6.07) is 20.6. The predicted octanol–water partition coefficient (Wildman–Crippen LogP) is 2.81. The Hall–Kier alpha value is -1.73. The first-order valence-electron chi connectivity index (χ1n) is 9.42. The topological polar surface area (TPSA) is 58.6 Å². The maximum Gasteiger partial charge on any atom is 0.208 e. The maximum atomic E-state index is 11.4. The molecule has 0 saturated carbocycles. The third kappa shape index (κ3) is 6.43. The molecule has 0 radical (unpaired) electrons. The van der Waals surface area contributed by atoms with Crippen molar-refractivity contribution in [1.29, 1.82) is 0 Å². The fourth-order valence-corrected chi connectivity index (χ4v) is 4.36. The van der Waals surface area contributed by atoms with Crippen LogP contribution in [0.1, 0.15) is 30.1 Å². The monoisotopic (exact) mass is 388 g/mol. The van der Waals surface area contributed by atoms with E-state index < -0.39 is 10.0 Å². The van der Waals surface area contributed by atoms with E-state index in [0.717, 1.165) is 43.6 Å². The van der Waals surface area contributed by atoms with Gasteiger partial charge >= 0.3 is 0 Å². The van der Waals surface area contributed by atoms with Crippen LogP contribution in [-0.2, 0) is 14.8 Å². The van der Waals surface area contributed by atoms with E-state index in [-0.39, 0.29) is 12.1 Å². The highest BCUT2D eigenvalue weighted by Gasteiger charge is 2.22. The molecule has 1 fully saturated rings. The van der Waals surface area contributed by atoms with Gasteiger partial charge in [-0.2, -0.15) is 0 Å². The number of piperidine rings is 1. The third-order valence-corrected chi connectivity index (χ3v) is 5.63. The molecule has 0 spiro atoms. The van der Waals surface area contributed by atoms with E-state index in [4.69, 9.17) is 4.74 Å². The van der Waals surface area contributed by atoms with Gasteiger partial charge in [0, 0.05) is 12.6 Å². The lowest BCUT2D eigenvalue weighted by Gasteiger charge is -2.32. The van der Waals surface area contributed by atoms with Gasteiger partial charge in [-0.1, -0.05) is 60.7 Å². The van der Waals surface area contributed by atoms with Crippen LogP contribution >= 0.6 is 0 Å². The highest BCUT2D eigenvalue weighted by Crippen LogP contribution is 2.25. The van der Waals surface area contributed by atoms with Crippen molar-refractivity contribution < 1.29 is 13.2 Å². The molecule has 0 aliphatic carbocycles. The van der Waals surface area contributed by atoms with Gasteiger partial charge in [-0.15, -0.1) is 0 Å². The minimum atomic E-state index is -3.12. The molecule has 146 valence electrons. The second kappa shape index (κ2) is 9.46. The summed E-state index contributed by atoms with van der Waals surface area (Å²) >= 11 is 0. The third-order valence-electron chi connectivity index (χ3n) is 4.86. The van der Waals surface area contributed by atoms with Crippen molar-refractivity contribution >= 4 is 10.0 Å². The summed E-state index contributed by atoms with van der Waals surface area (Å²) in [7, 11) is -3.12. The van der Waals surface area contributed by atoms with Crippen LogP contribution in [0.2, 0.25) is 0 Å². The second-order valence-electron chi connectivity index (χ2n) is 7.08. The lowest BCUT2D eigenvalue weighted by atomic mass is 10.0. The van der Waals surface area contributed by atoms with Crippen molar-refractivity contribution in [3.63, 3.8) is 0 Å². The summed E-state index contributed by atoms with van der Waals surface area (Å²) in [6.45, 7) is 3.26. The van der Waals surface area contributed by atoms with E-state index in [2.05, 4.69) is 33.9 Å². The average molecular weight is 389 g/mol. The highest BCUT2D eigenvalue weighted by atomic mass is 32.2. The molecular weight excluding hydrogens is 360 g/mol. The molecule has 3 rings (SSSR count). The Bertz CT molecular complexity index is 749. The molecule has 6 heteroatoms. The summed E-state index contributed by atoms with van der Waals surface area (Å²) in [5.74, 6) is 0. The van der Waals surface area contributed by atoms with Crippen molar-refractivity contribution in [2.75, 3.05) is 32.5 Å². The second-order valence-corrected chi connectivity index (χ2v) is 8.86. The van der Waals surface area contributed by atoms with E-state index in [0.29, 0.717) is 6.61 Å². The molecule has 0 amide bonds. The van der Waals surface area contributed by atoms with Gasteiger partial charge in [0.15, 0.2) is 0 Å². The van der Waals surface area contributed by atoms with Crippen LogP contribution in [0.5, 0.6) is 0 Å². The Labute approximate surface area is 162 Å². The summed E-state index contributed by atoms with van der Waals surface area (Å²) in [5.41, 5.74) is 2.31. The highest BCUT2D eigenvalue weighted by molar-refractivity contribution is 7.88. The van der Waals surface area contributed by atoms with Gasteiger partial charge in [0.1, 0.15) is 6.10 Å². The van der Waals surface area contributed by atoms with Gasteiger partial charge in [-0.05, 0) is 37.1 Å². The van der Waals surface area contributed by atoms with E-state index in [9.17, 15) is 8.42 Å². The van der Waals surface area contributed by atoms with E-state index in [1.807, 2.05) is 36.4 Å². The molecule has 5 nitrogen and oxygen atoms in total. The molecule has 0 bridgehead atoms. The van der Waals surface area contributed by atoms with Crippen LogP contribution < -0.4 is 4.72 Å². The van der Waals surface area contributed by atoms with Crippen molar-refractivity contribution in [3.8, 4) is 0 Å². The molecule has 0 atom stereocenters. The van der Waals surface area contributed by atoms with Gasteiger partial charge in [0.25, 0.3) is 0 Å². The smallest absolute Gasteiger partial charge is 0.208 e. The van der Waals surface area contributed by atoms with Crippen molar-refractivity contribution in [2.45, 2.75) is 25.0 Å². The first-order valence-corrected chi connectivity index (χ1v) is 11.3. The van der Waals surface area contributed by atoms with Crippen molar-refractivity contribution in [1.82, 2.24) is 9.62 Å². The normalized spacial score (nSPS) is 16.7. The van der Waals surface area contributed by atoms with Crippen LogP contribution in [0.3, 0.4) is 0 Å². The average Bonchev–Trinajstić information content (AvgIpc) is 2.67. The first-order chi connectivity index (χ1) is 13.0. The van der Waals surface area contributed by atoms with E-state index >= 15 is 0 Å². The molecule has 1 N–H and O–H groups in total. The lowest BCUT2D eigenvalue weighted by Crippen LogP contribution is -2.45. The molecule has 27 heavy (non-hydrogen) atoms. The zero-order valence-corrected chi connectivity index (χ0v) is 16.6. The zero-order valence-electron chi connectivity index (χ0n) is 15.8. The van der Waals surface area contributed by atoms with Gasteiger partial charge in [-0.3, -0.25) is 0 Å². The standard InChI is InChI=1S/C21H28N2O3S/c1-27(24,25)22-20-12-14-23(15-13-20)16-17-26-21(18-8-4-2-5-9-18)19-10-6-3-7-11-19/h2-11,20-22H,12-17H2,1H3. The molecule has 1 aliphatic heterocycles. The quantitative estimate of drug-likeness (QED) is 0.755. The van der Waals surface area contributed by atoms with Gasteiger partial charge < -0.3 is 9.64 Å². The Kier molecular flexibility index (Phi) is 7.01. The number of nitrogens with zero attached hydrogens (tertiary/aromatic N) is 1. The van der Waals surface area contributed by atoms with E-state index in [1.54, 1.807) is 0 Å². The lowest BCUT2D eigenvalue weighted by molar-refractivity contribution is 0.0540. The Morgan fingerprint density at radius 2 is 1.52 bits per heavy atom. The van der Waals surface area contributed by atoms with Crippen molar-refractivity contribution in [2.24, 2.45) is 0 Å². The van der Waals surface area contributed by atoms with Crippen LogP contribution in [0.4, 0.5) is 0 Å². The van der Waals surface area contributed by atoms with Crippen LogP contribution in [-0.4, -0.2) is 51.9 Å². The molecule has 2 aromatic carbocycles. The van der Waals surface area contributed by atoms with Gasteiger partial charge in [0.05, 0.1) is 12.9 Å². The van der Waals surface area contributed by atoms with Crippen LogP contribution in [0.15, 0.2) is 60.7 Å². The molecule has 1 saturated heterocycles. The number of benzene rings is 2. The van der Waals surface area contributed by atoms with E-state index in [1.165, 1.54) is 6.26 Å².